The summed E-state index contributed by atoms with van der Waals surface area (Å²) in [6.45, 7) is 6.07. The van der Waals surface area contributed by atoms with Crippen LogP contribution in [0.3, 0.4) is 0 Å². The Hall–Kier alpha value is -4.38. The fourth-order valence-electron chi connectivity index (χ4n) is 4.54. The molecule has 0 saturated heterocycles. The molecular weight excluding hydrogens is 528 g/mol. The zero-order valence-corrected chi connectivity index (χ0v) is 23.8. The third-order valence-electron chi connectivity index (χ3n) is 6.51. The molecule has 2 amide bonds. The number of nitrogens with one attached hydrogen (secondary N) is 2. The molecule has 0 fully saturated rings. The number of ether oxygens (including phenoxy) is 3. The van der Waals surface area contributed by atoms with E-state index in [9.17, 15) is 9.59 Å². The molecule has 0 spiro atoms. The first kappa shape index (κ1) is 29.6. The van der Waals surface area contributed by atoms with Crippen LogP contribution < -0.4 is 25.0 Å². The van der Waals surface area contributed by atoms with E-state index in [4.69, 9.17) is 23.8 Å². The minimum absolute atomic E-state index is 0.00633. The van der Waals surface area contributed by atoms with E-state index < -0.39 is 0 Å². The lowest BCUT2D eigenvalue weighted by Gasteiger charge is -2.13. The Balaban J connectivity index is 1.46. The van der Waals surface area contributed by atoms with Gasteiger partial charge in [0.25, 0.3) is 5.91 Å². The summed E-state index contributed by atoms with van der Waals surface area (Å²) in [4.78, 5) is 32.5. The van der Waals surface area contributed by atoms with Gasteiger partial charge in [-0.25, -0.2) is 15.4 Å². The van der Waals surface area contributed by atoms with Gasteiger partial charge >= 0.3 is 0 Å². The van der Waals surface area contributed by atoms with Crippen molar-refractivity contribution in [1.29, 1.82) is 0 Å². The first-order chi connectivity index (χ1) is 19.8. The highest BCUT2D eigenvalue weighted by molar-refractivity contribution is 6.07. The SMILES string of the molecule is COc1cc2ncnc(Oc3ccc4c(C(=O)NC(C)C)c(C)oc4c3)c2cc1OCCCCCCCC(=O)NO. The molecule has 0 aliphatic carbocycles. The number of nitrogens with zero attached hydrogens (tertiary/aromatic N) is 2. The van der Waals surface area contributed by atoms with Gasteiger partial charge < -0.3 is 23.9 Å². The molecule has 0 aliphatic rings. The second kappa shape index (κ2) is 13.8. The molecule has 3 N–H and O–H groups in total. The molecule has 2 aromatic carbocycles. The third kappa shape index (κ3) is 7.43. The smallest absolute Gasteiger partial charge is 0.255 e. The van der Waals surface area contributed by atoms with Gasteiger partial charge in [0.15, 0.2) is 11.5 Å². The van der Waals surface area contributed by atoms with Crippen molar-refractivity contribution in [3.63, 3.8) is 0 Å². The first-order valence-electron chi connectivity index (χ1n) is 13.7. The largest absolute Gasteiger partial charge is 0.493 e. The number of hydrogen-bond acceptors (Lipinski definition) is 9. The van der Waals surface area contributed by atoms with Gasteiger partial charge in [-0.05, 0) is 51.8 Å². The van der Waals surface area contributed by atoms with Crippen LogP contribution in [0.2, 0.25) is 0 Å². The summed E-state index contributed by atoms with van der Waals surface area (Å²) in [6, 6.07) is 8.91. The fourth-order valence-corrected chi connectivity index (χ4v) is 4.54. The quantitative estimate of drug-likeness (QED) is 0.0975. The van der Waals surface area contributed by atoms with Crippen molar-refractivity contribution in [2.75, 3.05) is 13.7 Å². The summed E-state index contributed by atoms with van der Waals surface area (Å²) < 4.78 is 23.6. The minimum atomic E-state index is -0.360. The Labute approximate surface area is 238 Å². The zero-order valence-electron chi connectivity index (χ0n) is 23.8. The number of fused-ring (bicyclic) bond motifs is 2. The Kier molecular flexibility index (Phi) is 9.96. The van der Waals surface area contributed by atoms with Crippen molar-refractivity contribution >= 4 is 33.7 Å². The van der Waals surface area contributed by atoms with Gasteiger partial charge in [0, 0.05) is 30.0 Å². The predicted molar refractivity (Wildman–Crippen MR) is 153 cm³/mol. The number of carbonyl (C=O) groups excluding carboxylic acids is 2. The molecule has 0 unspecified atom stereocenters. The van der Waals surface area contributed by atoms with Gasteiger partial charge in [0.1, 0.15) is 23.4 Å². The van der Waals surface area contributed by atoms with E-state index >= 15 is 0 Å². The number of furan rings is 1. The van der Waals surface area contributed by atoms with Crippen molar-refractivity contribution in [1.82, 2.24) is 20.8 Å². The average Bonchev–Trinajstić information content (AvgIpc) is 3.28. The van der Waals surface area contributed by atoms with Gasteiger partial charge in [0.2, 0.25) is 11.8 Å². The summed E-state index contributed by atoms with van der Waals surface area (Å²) >= 11 is 0. The van der Waals surface area contributed by atoms with Crippen LogP contribution in [0.15, 0.2) is 41.1 Å². The van der Waals surface area contributed by atoms with E-state index in [0.29, 0.717) is 69.4 Å². The van der Waals surface area contributed by atoms with Crippen molar-refractivity contribution in [2.24, 2.45) is 0 Å². The Morgan fingerprint density at radius 3 is 2.54 bits per heavy atom. The van der Waals surface area contributed by atoms with Crippen LogP contribution in [0, 0.1) is 6.92 Å². The highest BCUT2D eigenvalue weighted by Gasteiger charge is 2.20. The van der Waals surface area contributed by atoms with Gasteiger partial charge in [-0.2, -0.15) is 0 Å². The van der Waals surface area contributed by atoms with Crippen molar-refractivity contribution in [3.05, 3.63) is 48.0 Å². The molecule has 11 nitrogen and oxygen atoms in total. The number of hydrogen-bond donors (Lipinski definition) is 3. The van der Waals surface area contributed by atoms with E-state index in [2.05, 4.69) is 15.3 Å². The number of unbranched alkanes of at least 4 members (excludes halogenated alkanes) is 4. The van der Waals surface area contributed by atoms with Crippen molar-refractivity contribution in [3.8, 4) is 23.1 Å². The van der Waals surface area contributed by atoms with E-state index in [0.717, 1.165) is 32.1 Å². The molecule has 2 heterocycles. The molecule has 0 aliphatic heterocycles. The maximum atomic E-state index is 12.7. The second-order valence-corrected chi connectivity index (χ2v) is 10.0. The molecule has 0 bridgehead atoms. The van der Waals surface area contributed by atoms with Gasteiger partial charge in [-0.1, -0.05) is 19.3 Å². The summed E-state index contributed by atoms with van der Waals surface area (Å²) in [6.07, 6.45) is 6.12. The van der Waals surface area contributed by atoms with Crippen LogP contribution in [0.5, 0.6) is 23.1 Å². The molecular formula is C30H36N4O7. The Morgan fingerprint density at radius 1 is 1.00 bits per heavy atom. The lowest BCUT2D eigenvalue weighted by molar-refractivity contribution is -0.129. The van der Waals surface area contributed by atoms with Gasteiger partial charge in [-0.15, -0.1) is 0 Å². The van der Waals surface area contributed by atoms with Crippen LogP contribution in [0.4, 0.5) is 0 Å². The molecule has 0 atom stereocenters. The summed E-state index contributed by atoms with van der Waals surface area (Å²) in [5.41, 5.74) is 3.33. The summed E-state index contributed by atoms with van der Waals surface area (Å²) in [5, 5.41) is 12.8. The second-order valence-electron chi connectivity index (χ2n) is 10.0. The van der Waals surface area contributed by atoms with E-state index in [1.807, 2.05) is 13.8 Å². The lowest BCUT2D eigenvalue weighted by Crippen LogP contribution is -2.30. The molecule has 0 saturated carbocycles. The predicted octanol–water partition coefficient (Wildman–Crippen LogP) is 5.85. The minimum Gasteiger partial charge on any atom is -0.493 e. The molecule has 4 aromatic rings. The van der Waals surface area contributed by atoms with E-state index in [1.165, 1.54) is 6.33 Å². The molecule has 41 heavy (non-hydrogen) atoms. The normalized spacial score (nSPS) is 11.2. The van der Waals surface area contributed by atoms with Crippen LogP contribution in [-0.2, 0) is 4.79 Å². The topological polar surface area (TPSA) is 145 Å². The van der Waals surface area contributed by atoms with Crippen LogP contribution in [0.25, 0.3) is 21.9 Å². The summed E-state index contributed by atoms with van der Waals surface area (Å²) in [5.74, 6) is 1.94. The number of carbonyl (C=O) groups is 2. The standard InChI is InChI=1S/C30H36N4O7/c1-18(2)33-29(36)28-19(3)40-24-14-20(11-12-21(24)28)41-30-22-15-26(25(38-4)16-23(22)31-17-32-30)39-13-9-7-5-6-8-10-27(35)34-37/h11-12,14-18,37H,5-10,13H2,1-4H3,(H,33,36)(H,34,35). The summed E-state index contributed by atoms with van der Waals surface area (Å²) in [7, 11) is 1.57. The number of aromatic nitrogens is 2. The van der Waals surface area contributed by atoms with E-state index in [-0.39, 0.29) is 17.9 Å². The van der Waals surface area contributed by atoms with Crippen molar-refractivity contribution in [2.45, 2.75) is 65.3 Å². The lowest BCUT2D eigenvalue weighted by atomic mass is 10.1. The van der Waals surface area contributed by atoms with Crippen molar-refractivity contribution < 1.29 is 33.4 Å². The number of methoxy groups -OCH3 is 1. The van der Waals surface area contributed by atoms with Gasteiger partial charge in [-0.3, -0.25) is 14.8 Å². The molecule has 218 valence electrons. The monoisotopic (exact) mass is 564 g/mol. The maximum Gasteiger partial charge on any atom is 0.255 e. The zero-order chi connectivity index (χ0) is 29.4. The Bertz CT molecular complexity index is 1520. The van der Waals surface area contributed by atoms with Crippen LogP contribution >= 0.6 is 0 Å². The fraction of sp³-hybridized carbons (Fsp3) is 0.400. The number of hydroxylamine groups is 1. The highest BCUT2D eigenvalue weighted by atomic mass is 16.5. The molecule has 11 heteroatoms. The van der Waals surface area contributed by atoms with Gasteiger partial charge in [0.05, 0.1) is 30.2 Å². The average molecular weight is 565 g/mol. The number of aryl methyl sites for hydroxylation is 1. The Morgan fingerprint density at radius 2 is 1.78 bits per heavy atom. The van der Waals surface area contributed by atoms with Crippen LogP contribution in [-0.4, -0.2) is 46.7 Å². The van der Waals surface area contributed by atoms with Crippen LogP contribution in [0.1, 0.15) is 68.5 Å². The number of rotatable bonds is 14. The molecule has 2 aromatic heterocycles. The molecule has 4 rings (SSSR count). The number of amides is 2. The first-order valence-corrected chi connectivity index (χ1v) is 13.7. The molecule has 0 radical (unpaired) electrons. The van der Waals surface area contributed by atoms with E-state index in [1.54, 1.807) is 49.8 Å². The third-order valence-corrected chi connectivity index (χ3v) is 6.51. The maximum absolute atomic E-state index is 12.7. The number of benzene rings is 2. The highest BCUT2D eigenvalue weighted by Crippen LogP contribution is 2.37.